The Morgan fingerprint density at radius 3 is 2.16 bits per heavy atom. The smallest absolute Gasteiger partial charge is 0.251 e. The van der Waals surface area contributed by atoms with Gasteiger partial charge in [0.05, 0.1) is 18.2 Å². The van der Waals surface area contributed by atoms with Crippen LogP contribution in [-0.4, -0.2) is 76.4 Å². The van der Waals surface area contributed by atoms with E-state index in [0.29, 0.717) is 24.8 Å². The lowest BCUT2D eigenvalue weighted by Gasteiger charge is -2.47. The first-order valence-corrected chi connectivity index (χ1v) is 17.7. The SMILES string of the molecule is CC(=O)CC(C)(C)[C@H](NC(=O)c1ccc(F)cc1)C(=O)NC(Cc1ccccc1)[C@H](O)CN1CC2CCCCC2C[C@H]1C(=O)NC(C)(C)C. The molecule has 1 saturated carbocycles. The maximum absolute atomic E-state index is 14.2. The molecule has 0 bridgehead atoms. The second-order valence-electron chi connectivity index (χ2n) is 15.9. The molecule has 2 aromatic rings. The molecule has 4 rings (SSSR count). The van der Waals surface area contributed by atoms with E-state index in [-0.39, 0.29) is 30.2 Å². The van der Waals surface area contributed by atoms with Gasteiger partial charge in [0.25, 0.3) is 5.91 Å². The number of aliphatic hydroxyl groups excluding tert-OH is 1. The highest BCUT2D eigenvalue weighted by molar-refractivity contribution is 5.98. The fourth-order valence-corrected chi connectivity index (χ4v) is 7.59. The van der Waals surface area contributed by atoms with E-state index in [0.717, 1.165) is 31.2 Å². The normalized spacial score (nSPS) is 21.8. The van der Waals surface area contributed by atoms with Crippen molar-refractivity contribution in [3.8, 4) is 0 Å². The third-order valence-electron chi connectivity index (χ3n) is 9.95. The van der Waals surface area contributed by atoms with Gasteiger partial charge >= 0.3 is 0 Å². The van der Waals surface area contributed by atoms with Gasteiger partial charge in [0.1, 0.15) is 17.6 Å². The number of carbonyl (C=O) groups excluding carboxylic acids is 4. The molecule has 3 amide bonds. The van der Waals surface area contributed by atoms with Gasteiger partial charge in [0, 0.05) is 36.0 Å². The molecule has 49 heavy (non-hydrogen) atoms. The number of Topliss-reactive ketones (excluding diaryl/α,β-unsaturated/α-hetero) is 1. The summed E-state index contributed by atoms with van der Waals surface area (Å²) in [7, 11) is 0. The molecule has 268 valence electrons. The molecule has 10 heteroatoms. The first kappa shape index (κ1) is 38.2. The van der Waals surface area contributed by atoms with E-state index in [4.69, 9.17) is 0 Å². The number of fused-ring (bicyclic) bond motifs is 1. The lowest BCUT2D eigenvalue weighted by molar-refractivity contribution is -0.134. The van der Waals surface area contributed by atoms with E-state index >= 15 is 0 Å². The predicted molar refractivity (Wildman–Crippen MR) is 188 cm³/mol. The van der Waals surface area contributed by atoms with Crippen molar-refractivity contribution in [1.82, 2.24) is 20.9 Å². The number of aliphatic hydroxyl groups is 1. The molecule has 6 atom stereocenters. The molecule has 1 heterocycles. The van der Waals surface area contributed by atoms with Gasteiger partial charge in [-0.2, -0.15) is 0 Å². The number of halogens is 1. The van der Waals surface area contributed by atoms with Crippen LogP contribution in [0.5, 0.6) is 0 Å². The van der Waals surface area contributed by atoms with Crippen molar-refractivity contribution < 1.29 is 28.7 Å². The lowest BCUT2D eigenvalue weighted by atomic mass is 9.72. The van der Waals surface area contributed by atoms with E-state index in [9.17, 15) is 28.7 Å². The minimum Gasteiger partial charge on any atom is -0.390 e. The van der Waals surface area contributed by atoms with E-state index in [1.54, 1.807) is 13.8 Å². The summed E-state index contributed by atoms with van der Waals surface area (Å²) < 4.78 is 13.6. The van der Waals surface area contributed by atoms with Gasteiger partial charge in [-0.05, 0) is 88.6 Å². The van der Waals surface area contributed by atoms with Gasteiger partial charge < -0.3 is 25.9 Å². The van der Waals surface area contributed by atoms with Gasteiger partial charge in [-0.3, -0.25) is 19.3 Å². The summed E-state index contributed by atoms with van der Waals surface area (Å²) in [6.07, 6.45) is 4.51. The summed E-state index contributed by atoms with van der Waals surface area (Å²) in [6.45, 7) is 11.6. The molecule has 0 aromatic heterocycles. The minimum absolute atomic E-state index is 0.0155. The molecule has 1 aliphatic carbocycles. The Kier molecular flexibility index (Phi) is 12.8. The number of hydrogen-bond donors (Lipinski definition) is 4. The molecule has 4 N–H and O–H groups in total. The number of amides is 3. The van der Waals surface area contributed by atoms with Crippen LogP contribution in [0.25, 0.3) is 0 Å². The number of nitrogens with one attached hydrogen (secondary N) is 3. The van der Waals surface area contributed by atoms with Crippen molar-refractivity contribution in [3.63, 3.8) is 0 Å². The monoisotopic (exact) mass is 678 g/mol. The van der Waals surface area contributed by atoms with Crippen LogP contribution < -0.4 is 16.0 Å². The van der Waals surface area contributed by atoms with E-state index in [1.165, 1.54) is 37.6 Å². The summed E-state index contributed by atoms with van der Waals surface area (Å²) in [5, 5.41) is 20.9. The number of piperidine rings is 1. The largest absolute Gasteiger partial charge is 0.390 e. The van der Waals surface area contributed by atoms with Crippen molar-refractivity contribution in [2.45, 2.75) is 116 Å². The average Bonchev–Trinajstić information content (AvgIpc) is 3.02. The molecule has 1 aliphatic heterocycles. The second kappa shape index (κ2) is 16.4. The Morgan fingerprint density at radius 1 is 0.918 bits per heavy atom. The molecule has 3 unspecified atom stereocenters. The third-order valence-corrected chi connectivity index (χ3v) is 9.95. The third kappa shape index (κ3) is 10.9. The summed E-state index contributed by atoms with van der Waals surface area (Å²) in [6, 6.07) is 12.2. The molecule has 2 fully saturated rings. The predicted octanol–water partition coefficient (Wildman–Crippen LogP) is 4.81. The van der Waals surface area contributed by atoms with Crippen LogP contribution in [-0.2, 0) is 20.8 Å². The van der Waals surface area contributed by atoms with E-state index < -0.39 is 52.8 Å². The van der Waals surface area contributed by atoms with Gasteiger partial charge in [-0.1, -0.05) is 63.4 Å². The summed E-state index contributed by atoms with van der Waals surface area (Å²) in [4.78, 5) is 55.5. The fourth-order valence-electron chi connectivity index (χ4n) is 7.59. The molecule has 2 aliphatic rings. The highest BCUT2D eigenvalue weighted by Gasteiger charge is 2.43. The number of β-amino-alcohol motifs (C(OH)–C–C–N with tert-alkyl or cyclic N) is 1. The van der Waals surface area contributed by atoms with Crippen molar-refractivity contribution in [2.24, 2.45) is 17.3 Å². The zero-order valence-corrected chi connectivity index (χ0v) is 29.9. The number of benzene rings is 2. The number of ketones is 1. The molecule has 9 nitrogen and oxygen atoms in total. The quantitative estimate of drug-likeness (QED) is 0.241. The second-order valence-corrected chi connectivity index (χ2v) is 15.9. The highest BCUT2D eigenvalue weighted by Crippen LogP contribution is 2.39. The Hall–Kier alpha value is -3.63. The number of carbonyl (C=O) groups is 4. The Balaban J connectivity index is 1.61. The van der Waals surface area contributed by atoms with Gasteiger partial charge in [-0.15, -0.1) is 0 Å². The molecular formula is C39H55FN4O5. The molecule has 1 saturated heterocycles. The standard InChI is InChI=1S/C39H55FN4O5/c1-25(45)22-39(5,6)34(42-35(47)27-16-18-30(40)19-17-27)37(49)41-31(20-26-12-8-7-9-13-26)33(46)24-44-23-29-15-11-10-14-28(29)21-32(44)36(48)43-38(2,3)4/h7-9,12-13,16-19,28-29,31-34,46H,10-11,14-15,20-24H2,1-6H3,(H,41,49)(H,42,47)(H,43,48)/t28?,29?,31?,32-,33+,34+/m0/s1. The Morgan fingerprint density at radius 2 is 1.55 bits per heavy atom. The zero-order valence-electron chi connectivity index (χ0n) is 29.9. The van der Waals surface area contributed by atoms with E-state index in [1.807, 2.05) is 51.1 Å². The van der Waals surface area contributed by atoms with Gasteiger partial charge in [0.2, 0.25) is 11.8 Å². The van der Waals surface area contributed by atoms with Crippen molar-refractivity contribution in [3.05, 3.63) is 71.5 Å². The summed E-state index contributed by atoms with van der Waals surface area (Å²) in [5.41, 5.74) is -0.333. The first-order chi connectivity index (χ1) is 23.0. The summed E-state index contributed by atoms with van der Waals surface area (Å²) in [5.74, 6) is -0.916. The number of rotatable bonds is 13. The zero-order chi connectivity index (χ0) is 35.9. The fraction of sp³-hybridized carbons (Fsp3) is 0.590. The van der Waals surface area contributed by atoms with E-state index in [2.05, 4.69) is 20.9 Å². The Bertz CT molecular complexity index is 1440. The van der Waals surface area contributed by atoms with Crippen molar-refractivity contribution in [2.75, 3.05) is 13.1 Å². The maximum Gasteiger partial charge on any atom is 0.251 e. The van der Waals surface area contributed by atoms with Crippen molar-refractivity contribution >= 4 is 23.5 Å². The van der Waals surface area contributed by atoms with Crippen molar-refractivity contribution in [1.29, 1.82) is 0 Å². The van der Waals surface area contributed by atoms with Crippen LogP contribution in [0.2, 0.25) is 0 Å². The maximum atomic E-state index is 14.2. The van der Waals surface area contributed by atoms with Crippen LogP contribution in [0.4, 0.5) is 4.39 Å². The van der Waals surface area contributed by atoms with Gasteiger partial charge in [0.15, 0.2) is 0 Å². The van der Waals surface area contributed by atoms with Crippen LogP contribution in [0.15, 0.2) is 54.6 Å². The molecular weight excluding hydrogens is 623 g/mol. The lowest BCUT2D eigenvalue weighted by Crippen LogP contribution is -2.62. The van der Waals surface area contributed by atoms with Crippen LogP contribution in [0, 0.1) is 23.1 Å². The summed E-state index contributed by atoms with van der Waals surface area (Å²) >= 11 is 0. The molecule has 2 aromatic carbocycles. The van der Waals surface area contributed by atoms with Crippen LogP contribution >= 0.6 is 0 Å². The molecule has 0 radical (unpaired) electrons. The Labute approximate surface area is 290 Å². The average molecular weight is 679 g/mol. The highest BCUT2D eigenvalue weighted by atomic mass is 19.1. The number of nitrogens with zero attached hydrogens (tertiary/aromatic N) is 1. The number of hydrogen-bond acceptors (Lipinski definition) is 6. The minimum atomic E-state index is -1.15. The molecule has 0 spiro atoms. The van der Waals surface area contributed by atoms with Crippen LogP contribution in [0.3, 0.4) is 0 Å². The van der Waals surface area contributed by atoms with Gasteiger partial charge in [-0.25, -0.2) is 4.39 Å². The van der Waals surface area contributed by atoms with Crippen LogP contribution in [0.1, 0.15) is 96.0 Å². The first-order valence-electron chi connectivity index (χ1n) is 17.7. The topological polar surface area (TPSA) is 128 Å². The number of likely N-dealkylation sites (tertiary alicyclic amines) is 1.